The van der Waals surface area contributed by atoms with Gasteiger partial charge in [-0.05, 0) is 23.0 Å². The van der Waals surface area contributed by atoms with E-state index in [1.807, 2.05) is 6.08 Å². The summed E-state index contributed by atoms with van der Waals surface area (Å²) in [6.07, 6.45) is 7.55. The first-order valence-electron chi connectivity index (χ1n) is 5.25. The summed E-state index contributed by atoms with van der Waals surface area (Å²) in [6, 6.07) is 0. The zero-order valence-corrected chi connectivity index (χ0v) is 9.56. The van der Waals surface area contributed by atoms with Crippen LogP contribution in [0.1, 0.15) is 27.2 Å². The first-order chi connectivity index (χ1) is 6.53. The van der Waals surface area contributed by atoms with Crippen LogP contribution in [-0.4, -0.2) is 13.1 Å². The lowest BCUT2D eigenvalue weighted by molar-refractivity contribution is 0.540. The van der Waals surface area contributed by atoms with Crippen molar-refractivity contribution in [2.24, 2.45) is 5.41 Å². The van der Waals surface area contributed by atoms with Crippen LogP contribution in [0.15, 0.2) is 36.0 Å². The Bertz CT molecular complexity index is 263. The molecule has 1 aliphatic heterocycles. The van der Waals surface area contributed by atoms with Crippen LogP contribution in [0.3, 0.4) is 0 Å². The van der Waals surface area contributed by atoms with Gasteiger partial charge in [0, 0.05) is 13.1 Å². The molecule has 1 saturated heterocycles. The maximum atomic E-state index is 3.74. The number of allylic oxidation sites excluding steroid dienone is 3. The van der Waals surface area contributed by atoms with Crippen molar-refractivity contribution in [2.75, 3.05) is 13.1 Å². The van der Waals surface area contributed by atoms with Crippen molar-refractivity contribution < 1.29 is 0 Å². The minimum atomic E-state index is 0.272. The fourth-order valence-corrected chi connectivity index (χ4v) is 1.65. The summed E-state index contributed by atoms with van der Waals surface area (Å²) >= 11 is 0. The van der Waals surface area contributed by atoms with Gasteiger partial charge in [0.25, 0.3) is 0 Å². The van der Waals surface area contributed by atoms with Crippen molar-refractivity contribution in [1.29, 1.82) is 0 Å². The van der Waals surface area contributed by atoms with E-state index in [1.165, 1.54) is 11.1 Å². The molecule has 0 amide bonds. The van der Waals surface area contributed by atoms with Crippen LogP contribution in [0.5, 0.6) is 0 Å². The summed E-state index contributed by atoms with van der Waals surface area (Å²) in [6.45, 7) is 12.5. The predicted molar refractivity (Wildman–Crippen MR) is 63.3 cm³/mol. The van der Waals surface area contributed by atoms with E-state index < -0.39 is 0 Å². The molecule has 0 spiro atoms. The van der Waals surface area contributed by atoms with Gasteiger partial charge in [-0.3, -0.25) is 0 Å². The molecule has 1 nitrogen and oxygen atoms in total. The third kappa shape index (κ3) is 3.51. The first-order valence-corrected chi connectivity index (χ1v) is 5.25. The molecule has 1 heteroatoms. The predicted octanol–water partition coefficient (Wildman–Crippen LogP) is 3.06. The van der Waals surface area contributed by atoms with Crippen molar-refractivity contribution in [3.63, 3.8) is 0 Å². The van der Waals surface area contributed by atoms with Gasteiger partial charge in [-0.1, -0.05) is 39.0 Å². The highest BCUT2D eigenvalue weighted by molar-refractivity contribution is 5.38. The highest BCUT2D eigenvalue weighted by atomic mass is 14.9. The van der Waals surface area contributed by atoms with E-state index in [-0.39, 0.29) is 5.41 Å². The molecule has 14 heavy (non-hydrogen) atoms. The van der Waals surface area contributed by atoms with Gasteiger partial charge in [0.2, 0.25) is 0 Å². The van der Waals surface area contributed by atoms with Crippen LogP contribution in [0.2, 0.25) is 0 Å². The van der Waals surface area contributed by atoms with Gasteiger partial charge in [0.05, 0.1) is 0 Å². The second-order valence-electron chi connectivity index (χ2n) is 4.89. The lowest BCUT2D eigenvalue weighted by Crippen LogP contribution is -2.06. The van der Waals surface area contributed by atoms with Crippen molar-refractivity contribution in [2.45, 2.75) is 27.2 Å². The summed E-state index contributed by atoms with van der Waals surface area (Å²) in [7, 11) is 0. The van der Waals surface area contributed by atoms with Crippen LogP contribution in [0.4, 0.5) is 0 Å². The van der Waals surface area contributed by atoms with Crippen LogP contribution in [0, 0.1) is 5.41 Å². The molecule has 0 aromatic heterocycles. The molecule has 0 atom stereocenters. The molecule has 0 unspecified atom stereocenters. The van der Waals surface area contributed by atoms with Crippen molar-refractivity contribution in [1.82, 2.24) is 5.32 Å². The standard InChI is InChI=1S/C13H21N/c1-5-6-7-11-9-14-10-12(11)8-13(2,3)4/h5,7-8,14H,1,6,9-10H2,2-4H3/b11-7?,12-8-. The molecule has 1 aliphatic rings. The van der Waals surface area contributed by atoms with E-state index >= 15 is 0 Å². The smallest absolute Gasteiger partial charge is 0.0208 e. The quantitative estimate of drug-likeness (QED) is 0.661. The Balaban J connectivity index is 2.78. The Hall–Kier alpha value is -0.820. The van der Waals surface area contributed by atoms with E-state index in [1.54, 1.807) is 0 Å². The highest BCUT2D eigenvalue weighted by Gasteiger charge is 2.15. The monoisotopic (exact) mass is 191 g/mol. The molecule has 0 radical (unpaired) electrons. The van der Waals surface area contributed by atoms with Crippen LogP contribution >= 0.6 is 0 Å². The van der Waals surface area contributed by atoms with Gasteiger partial charge in [0.1, 0.15) is 0 Å². The largest absolute Gasteiger partial charge is 0.309 e. The molecule has 0 aliphatic carbocycles. The van der Waals surface area contributed by atoms with Crippen molar-refractivity contribution in [3.05, 3.63) is 36.0 Å². The average Bonchev–Trinajstić information content (AvgIpc) is 2.45. The number of rotatable bonds is 2. The minimum absolute atomic E-state index is 0.272. The van der Waals surface area contributed by atoms with E-state index in [0.717, 1.165) is 19.5 Å². The molecule has 1 N–H and O–H groups in total. The van der Waals surface area contributed by atoms with Gasteiger partial charge in [0.15, 0.2) is 0 Å². The Kier molecular flexibility index (Phi) is 3.70. The normalized spacial score (nSPS) is 23.4. The first kappa shape index (κ1) is 11.3. The SMILES string of the molecule is C=CCC=C1CNC/C1=C/C(C)(C)C. The summed E-state index contributed by atoms with van der Waals surface area (Å²) in [4.78, 5) is 0. The molecule has 78 valence electrons. The summed E-state index contributed by atoms with van der Waals surface area (Å²) in [5.74, 6) is 0. The number of nitrogens with one attached hydrogen (secondary N) is 1. The number of hydrogen-bond donors (Lipinski definition) is 1. The lowest BCUT2D eigenvalue weighted by Gasteiger charge is -2.14. The van der Waals surface area contributed by atoms with Crippen LogP contribution in [0.25, 0.3) is 0 Å². The van der Waals surface area contributed by atoms with Gasteiger partial charge < -0.3 is 5.32 Å². The topological polar surface area (TPSA) is 12.0 Å². The van der Waals surface area contributed by atoms with Gasteiger partial charge in [-0.2, -0.15) is 0 Å². The molecular weight excluding hydrogens is 170 g/mol. The Morgan fingerprint density at radius 3 is 2.50 bits per heavy atom. The maximum absolute atomic E-state index is 3.74. The van der Waals surface area contributed by atoms with Gasteiger partial charge >= 0.3 is 0 Å². The zero-order valence-electron chi connectivity index (χ0n) is 9.56. The Morgan fingerprint density at radius 2 is 1.93 bits per heavy atom. The Morgan fingerprint density at radius 1 is 1.29 bits per heavy atom. The van der Waals surface area contributed by atoms with Crippen LogP contribution in [-0.2, 0) is 0 Å². The molecule has 0 bridgehead atoms. The highest BCUT2D eigenvalue weighted by Crippen LogP contribution is 2.23. The fourth-order valence-electron chi connectivity index (χ4n) is 1.65. The minimum Gasteiger partial charge on any atom is -0.309 e. The van der Waals surface area contributed by atoms with E-state index in [0.29, 0.717) is 0 Å². The summed E-state index contributed by atoms with van der Waals surface area (Å²) in [5.41, 5.74) is 3.17. The second kappa shape index (κ2) is 4.61. The van der Waals surface area contributed by atoms with Crippen molar-refractivity contribution in [3.8, 4) is 0 Å². The maximum Gasteiger partial charge on any atom is 0.0208 e. The number of hydrogen-bond acceptors (Lipinski definition) is 1. The van der Waals surface area contributed by atoms with E-state index in [9.17, 15) is 0 Å². The zero-order chi connectivity index (χ0) is 10.6. The van der Waals surface area contributed by atoms with E-state index in [4.69, 9.17) is 0 Å². The molecule has 1 fully saturated rings. The molecule has 0 aromatic rings. The molecule has 0 aromatic carbocycles. The third-order valence-corrected chi connectivity index (χ3v) is 2.18. The molecule has 0 saturated carbocycles. The Labute approximate surface area is 87.6 Å². The van der Waals surface area contributed by atoms with Gasteiger partial charge in [-0.15, -0.1) is 6.58 Å². The summed E-state index contributed by atoms with van der Waals surface area (Å²) in [5, 5.41) is 3.38. The third-order valence-electron chi connectivity index (χ3n) is 2.18. The van der Waals surface area contributed by atoms with Gasteiger partial charge in [-0.25, -0.2) is 0 Å². The van der Waals surface area contributed by atoms with Crippen molar-refractivity contribution >= 4 is 0 Å². The average molecular weight is 191 g/mol. The molecule has 1 heterocycles. The second-order valence-corrected chi connectivity index (χ2v) is 4.89. The molecular formula is C13H21N. The fraction of sp³-hybridized carbons (Fsp3) is 0.538. The van der Waals surface area contributed by atoms with Crippen LogP contribution < -0.4 is 5.32 Å². The lowest BCUT2D eigenvalue weighted by atomic mass is 9.91. The summed E-state index contributed by atoms with van der Waals surface area (Å²) < 4.78 is 0. The molecule has 1 rings (SSSR count). The van der Waals surface area contributed by atoms with E-state index in [2.05, 4.69) is 44.8 Å².